The van der Waals surface area contributed by atoms with Crippen molar-refractivity contribution in [3.63, 3.8) is 0 Å². The molecule has 1 unspecified atom stereocenters. The maximum atomic E-state index is 13.5. The Morgan fingerprint density at radius 1 is 1.37 bits per heavy atom. The fraction of sp³-hybridized carbons (Fsp3) is 0.308. The molecule has 1 aromatic heterocycles. The van der Waals surface area contributed by atoms with Crippen molar-refractivity contribution in [2.45, 2.75) is 25.8 Å². The molecule has 2 nitrogen and oxygen atoms in total. The van der Waals surface area contributed by atoms with E-state index in [1.807, 2.05) is 12.3 Å². The standard InChI is InChI=1S/C13H13Cl2FN2S/c1-2-7(17)3-13-18-12(6-19-13)8-4-11(16)10(15)5-9(8)14/h4-7H,2-3,17H2,1H3. The number of nitrogens with two attached hydrogens (primary N) is 1. The Labute approximate surface area is 125 Å². The third kappa shape index (κ3) is 3.45. The van der Waals surface area contributed by atoms with Gasteiger partial charge in [-0.2, -0.15) is 0 Å². The van der Waals surface area contributed by atoms with Crippen LogP contribution in [0.25, 0.3) is 11.3 Å². The van der Waals surface area contributed by atoms with E-state index in [-0.39, 0.29) is 11.1 Å². The molecule has 0 radical (unpaired) electrons. The van der Waals surface area contributed by atoms with Gasteiger partial charge in [0, 0.05) is 23.4 Å². The van der Waals surface area contributed by atoms with Gasteiger partial charge in [0.15, 0.2) is 0 Å². The van der Waals surface area contributed by atoms with E-state index < -0.39 is 5.82 Å². The quantitative estimate of drug-likeness (QED) is 0.841. The third-order valence-corrected chi connectivity index (χ3v) is 4.27. The minimum absolute atomic E-state index is 0.0113. The van der Waals surface area contributed by atoms with E-state index in [4.69, 9.17) is 28.9 Å². The molecule has 0 amide bonds. The lowest BCUT2D eigenvalue weighted by atomic mass is 10.1. The van der Waals surface area contributed by atoms with Crippen LogP contribution in [0.3, 0.4) is 0 Å². The summed E-state index contributed by atoms with van der Waals surface area (Å²) in [5.74, 6) is -0.499. The fourth-order valence-electron chi connectivity index (χ4n) is 1.62. The van der Waals surface area contributed by atoms with Gasteiger partial charge in [0.2, 0.25) is 0 Å². The predicted octanol–water partition coefficient (Wildman–Crippen LogP) is 4.54. The predicted molar refractivity (Wildman–Crippen MR) is 79.5 cm³/mol. The van der Waals surface area contributed by atoms with Crippen LogP contribution in [-0.2, 0) is 6.42 Å². The number of halogens is 3. The molecule has 0 aliphatic rings. The van der Waals surface area contributed by atoms with Crippen LogP contribution in [0.2, 0.25) is 10.0 Å². The van der Waals surface area contributed by atoms with Gasteiger partial charge in [-0.1, -0.05) is 30.1 Å². The summed E-state index contributed by atoms with van der Waals surface area (Å²) < 4.78 is 13.5. The lowest BCUT2D eigenvalue weighted by molar-refractivity contribution is 0.628. The summed E-state index contributed by atoms with van der Waals surface area (Å²) in [7, 11) is 0. The van der Waals surface area contributed by atoms with Gasteiger partial charge in [-0.15, -0.1) is 11.3 Å². The average molecular weight is 319 g/mol. The summed E-state index contributed by atoms with van der Waals surface area (Å²) in [6.45, 7) is 2.03. The molecule has 0 saturated heterocycles. The third-order valence-electron chi connectivity index (χ3n) is 2.80. The Kier molecular flexibility index (Phi) is 4.79. The minimum atomic E-state index is -0.499. The van der Waals surface area contributed by atoms with Crippen molar-refractivity contribution in [2.24, 2.45) is 5.73 Å². The van der Waals surface area contributed by atoms with Crippen molar-refractivity contribution in [3.8, 4) is 11.3 Å². The highest BCUT2D eigenvalue weighted by Crippen LogP contribution is 2.33. The van der Waals surface area contributed by atoms with Gasteiger partial charge in [-0.25, -0.2) is 9.37 Å². The van der Waals surface area contributed by atoms with Gasteiger partial charge in [0.05, 0.1) is 20.7 Å². The van der Waals surface area contributed by atoms with Crippen molar-refractivity contribution >= 4 is 34.5 Å². The van der Waals surface area contributed by atoms with Crippen LogP contribution >= 0.6 is 34.5 Å². The average Bonchev–Trinajstić information content (AvgIpc) is 2.82. The number of nitrogens with zero attached hydrogens (tertiary/aromatic N) is 1. The smallest absolute Gasteiger partial charge is 0.142 e. The van der Waals surface area contributed by atoms with E-state index >= 15 is 0 Å². The molecule has 19 heavy (non-hydrogen) atoms. The molecule has 0 aliphatic carbocycles. The van der Waals surface area contributed by atoms with E-state index in [1.165, 1.54) is 23.5 Å². The van der Waals surface area contributed by atoms with Crippen LogP contribution in [0.4, 0.5) is 4.39 Å². The second-order valence-electron chi connectivity index (χ2n) is 4.25. The van der Waals surface area contributed by atoms with E-state index in [1.54, 1.807) is 0 Å². The zero-order chi connectivity index (χ0) is 14.0. The van der Waals surface area contributed by atoms with Crippen LogP contribution in [0.5, 0.6) is 0 Å². The fourth-order valence-corrected chi connectivity index (χ4v) is 2.98. The van der Waals surface area contributed by atoms with Crippen molar-refractivity contribution < 1.29 is 4.39 Å². The molecular formula is C13H13Cl2FN2S. The molecule has 2 aromatic rings. The topological polar surface area (TPSA) is 38.9 Å². The number of thiazole rings is 1. The molecule has 2 rings (SSSR count). The Balaban J connectivity index is 2.30. The molecule has 0 spiro atoms. The van der Waals surface area contributed by atoms with Crippen molar-refractivity contribution in [2.75, 3.05) is 0 Å². The van der Waals surface area contributed by atoms with Crippen LogP contribution in [0, 0.1) is 5.82 Å². The summed E-state index contributed by atoms with van der Waals surface area (Å²) in [5, 5.41) is 3.18. The number of hydrogen-bond donors (Lipinski definition) is 1. The SMILES string of the molecule is CCC(N)Cc1nc(-c2cc(F)c(Cl)cc2Cl)cs1. The molecule has 0 bridgehead atoms. The molecule has 1 heterocycles. The zero-order valence-corrected chi connectivity index (χ0v) is 12.6. The van der Waals surface area contributed by atoms with Crippen LogP contribution in [0.1, 0.15) is 18.4 Å². The number of rotatable bonds is 4. The van der Waals surface area contributed by atoms with Gasteiger partial charge in [-0.05, 0) is 18.6 Å². The normalized spacial score (nSPS) is 12.7. The van der Waals surface area contributed by atoms with Gasteiger partial charge in [-0.3, -0.25) is 0 Å². The maximum absolute atomic E-state index is 13.5. The molecule has 0 fully saturated rings. The van der Waals surface area contributed by atoms with Gasteiger partial charge >= 0.3 is 0 Å². The van der Waals surface area contributed by atoms with Crippen LogP contribution in [0.15, 0.2) is 17.5 Å². The molecule has 6 heteroatoms. The summed E-state index contributed by atoms with van der Waals surface area (Å²) in [6.07, 6.45) is 1.61. The van der Waals surface area contributed by atoms with Gasteiger partial charge in [0.25, 0.3) is 0 Å². The maximum Gasteiger partial charge on any atom is 0.142 e. The Morgan fingerprint density at radius 2 is 2.11 bits per heavy atom. The number of hydrogen-bond acceptors (Lipinski definition) is 3. The molecule has 1 aromatic carbocycles. The molecule has 2 N–H and O–H groups in total. The van der Waals surface area contributed by atoms with E-state index in [0.29, 0.717) is 16.3 Å². The molecular weight excluding hydrogens is 306 g/mol. The van der Waals surface area contributed by atoms with Crippen molar-refractivity contribution in [1.82, 2.24) is 4.98 Å². The summed E-state index contributed by atoms with van der Waals surface area (Å²) in [5.41, 5.74) is 7.10. The molecule has 1 atom stereocenters. The summed E-state index contributed by atoms with van der Waals surface area (Å²) in [4.78, 5) is 4.44. The van der Waals surface area contributed by atoms with Crippen molar-refractivity contribution in [1.29, 1.82) is 0 Å². The molecule has 0 aliphatic heterocycles. The largest absolute Gasteiger partial charge is 0.327 e. The highest BCUT2D eigenvalue weighted by atomic mass is 35.5. The van der Waals surface area contributed by atoms with E-state index in [2.05, 4.69) is 4.98 Å². The molecule has 102 valence electrons. The first kappa shape index (κ1) is 14.7. The number of benzene rings is 1. The van der Waals surface area contributed by atoms with Crippen LogP contribution in [-0.4, -0.2) is 11.0 Å². The number of aromatic nitrogens is 1. The molecule has 0 saturated carbocycles. The van der Waals surface area contributed by atoms with E-state index in [9.17, 15) is 4.39 Å². The lowest BCUT2D eigenvalue weighted by Gasteiger charge is -2.05. The first-order valence-electron chi connectivity index (χ1n) is 5.86. The second-order valence-corrected chi connectivity index (χ2v) is 6.00. The van der Waals surface area contributed by atoms with Crippen molar-refractivity contribution in [3.05, 3.63) is 38.4 Å². The monoisotopic (exact) mass is 318 g/mol. The first-order valence-corrected chi connectivity index (χ1v) is 7.49. The van der Waals surface area contributed by atoms with Gasteiger partial charge in [0.1, 0.15) is 5.82 Å². The van der Waals surface area contributed by atoms with E-state index in [0.717, 1.165) is 17.8 Å². The highest BCUT2D eigenvalue weighted by molar-refractivity contribution is 7.10. The Bertz CT molecular complexity index is 586. The summed E-state index contributed by atoms with van der Waals surface area (Å²) >= 11 is 13.2. The minimum Gasteiger partial charge on any atom is -0.327 e. The lowest BCUT2D eigenvalue weighted by Crippen LogP contribution is -2.21. The Morgan fingerprint density at radius 3 is 2.79 bits per heavy atom. The Hall–Kier alpha value is -0.680. The highest BCUT2D eigenvalue weighted by Gasteiger charge is 2.13. The second kappa shape index (κ2) is 6.18. The summed E-state index contributed by atoms with van der Waals surface area (Å²) in [6, 6.07) is 2.80. The first-order chi connectivity index (χ1) is 9.01. The van der Waals surface area contributed by atoms with Gasteiger partial charge < -0.3 is 5.73 Å². The van der Waals surface area contributed by atoms with Crippen LogP contribution < -0.4 is 5.73 Å². The zero-order valence-electron chi connectivity index (χ0n) is 10.3.